The van der Waals surface area contributed by atoms with E-state index in [4.69, 9.17) is 4.98 Å². The largest absolute Gasteiger partial charge is 0.342 e. The van der Waals surface area contributed by atoms with E-state index in [1.807, 2.05) is 36.3 Å². The van der Waals surface area contributed by atoms with Crippen molar-refractivity contribution in [3.63, 3.8) is 0 Å². The van der Waals surface area contributed by atoms with Gasteiger partial charge in [0.2, 0.25) is 5.95 Å². The Bertz CT molecular complexity index is 1350. The highest BCUT2D eigenvalue weighted by atomic mass is 16.2. The van der Waals surface area contributed by atoms with E-state index in [1.54, 1.807) is 12.4 Å². The third-order valence-electron chi connectivity index (χ3n) is 6.92. The third-order valence-corrected chi connectivity index (χ3v) is 6.92. The second-order valence-corrected chi connectivity index (χ2v) is 9.48. The van der Waals surface area contributed by atoms with Gasteiger partial charge in [-0.3, -0.25) is 9.89 Å². The summed E-state index contributed by atoms with van der Waals surface area (Å²) in [4.78, 5) is 26.3. The zero-order chi connectivity index (χ0) is 23.9. The van der Waals surface area contributed by atoms with Gasteiger partial charge in [-0.15, -0.1) is 0 Å². The van der Waals surface area contributed by atoms with Crippen LogP contribution < -0.4 is 10.2 Å². The van der Waals surface area contributed by atoms with Gasteiger partial charge in [0.05, 0.1) is 12.7 Å². The summed E-state index contributed by atoms with van der Waals surface area (Å²) in [5.41, 5.74) is 6.28. The van der Waals surface area contributed by atoms with Gasteiger partial charge < -0.3 is 19.7 Å². The molecule has 0 saturated carbocycles. The summed E-state index contributed by atoms with van der Waals surface area (Å²) in [5.74, 6) is 2.15. The number of carbonyl (C=O) groups excluding carboxylic acids is 1. The molecule has 1 aromatic carbocycles. The number of rotatable bonds is 5. The fourth-order valence-corrected chi connectivity index (χ4v) is 4.92. The summed E-state index contributed by atoms with van der Waals surface area (Å²) in [7, 11) is 1.99. The van der Waals surface area contributed by atoms with Crippen molar-refractivity contribution in [2.75, 3.05) is 29.9 Å². The molecule has 178 valence electrons. The molecular formula is C26H28N8O. The van der Waals surface area contributed by atoms with Gasteiger partial charge in [0.15, 0.2) is 0 Å². The SMILES string of the molecule is CC1CN(C(=O)c2cc3c(n2C)CN(c2nccc(Nc4ccc(-c5cn[nH]c5)cc4)n2)CC3)C1. The van der Waals surface area contributed by atoms with Crippen LogP contribution in [0.3, 0.4) is 0 Å². The molecule has 35 heavy (non-hydrogen) atoms. The van der Waals surface area contributed by atoms with Gasteiger partial charge >= 0.3 is 0 Å². The molecule has 0 spiro atoms. The molecule has 9 heteroatoms. The first-order valence-corrected chi connectivity index (χ1v) is 12.0. The Morgan fingerprint density at radius 2 is 1.97 bits per heavy atom. The van der Waals surface area contributed by atoms with E-state index in [0.29, 0.717) is 18.4 Å². The molecule has 0 radical (unpaired) electrons. The average Bonchev–Trinajstić information content (AvgIpc) is 3.51. The normalized spacial score (nSPS) is 15.6. The summed E-state index contributed by atoms with van der Waals surface area (Å²) in [6.45, 7) is 5.37. The number of aromatic nitrogens is 5. The number of fused-ring (bicyclic) bond motifs is 1. The molecular weight excluding hydrogens is 440 g/mol. The fourth-order valence-electron chi connectivity index (χ4n) is 4.92. The summed E-state index contributed by atoms with van der Waals surface area (Å²) in [6.07, 6.45) is 6.33. The zero-order valence-electron chi connectivity index (χ0n) is 19.9. The van der Waals surface area contributed by atoms with E-state index >= 15 is 0 Å². The molecule has 0 bridgehead atoms. The van der Waals surface area contributed by atoms with E-state index in [2.05, 4.69) is 55.1 Å². The summed E-state index contributed by atoms with van der Waals surface area (Å²) < 4.78 is 2.05. The summed E-state index contributed by atoms with van der Waals surface area (Å²) >= 11 is 0. The smallest absolute Gasteiger partial charge is 0.270 e. The van der Waals surface area contributed by atoms with Crippen LogP contribution >= 0.6 is 0 Å². The van der Waals surface area contributed by atoms with Crippen molar-refractivity contribution in [2.45, 2.75) is 19.9 Å². The van der Waals surface area contributed by atoms with Crippen molar-refractivity contribution >= 4 is 23.4 Å². The van der Waals surface area contributed by atoms with Crippen molar-refractivity contribution in [2.24, 2.45) is 13.0 Å². The Morgan fingerprint density at radius 1 is 1.14 bits per heavy atom. The Labute approximate surface area is 203 Å². The number of nitrogens with one attached hydrogen (secondary N) is 2. The van der Waals surface area contributed by atoms with Crippen molar-refractivity contribution in [3.05, 3.63) is 71.9 Å². The van der Waals surface area contributed by atoms with Gasteiger partial charge in [0, 0.05) is 56.0 Å². The predicted octanol–water partition coefficient (Wildman–Crippen LogP) is 3.60. The number of nitrogens with zero attached hydrogens (tertiary/aromatic N) is 6. The van der Waals surface area contributed by atoms with Crippen molar-refractivity contribution < 1.29 is 4.79 Å². The maximum atomic E-state index is 12.9. The van der Waals surface area contributed by atoms with Gasteiger partial charge in [-0.2, -0.15) is 10.1 Å². The number of likely N-dealkylation sites (tertiary alicyclic amines) is 1. The van der Waals surface area contributed by atoms with Gasteiger partial charge in [0.1, 0.15) is 11.5 Å². The lowest BCUT2D eigenvalue weighted by Gasteiger charge is -2.37. The highest BCUT2D eigenvalue weighted by molar-refractivity contribution is 5.94. The van der Waals surface area contributed by atoms with E-state index in [1.165, 1.54) is 5.56 Å². The number of benzene rings is 1. The first-order valence-electron chi connectivity index (χ1n) is 12.0. The number of amides is 1. The number of H-pyrrole nitrogens is 1. The standard InChI is InChI=1S/C26H28N8O/c1-17-14-34(15-17)25(35)22-11-19-8-10-33(16-23(19)32(22)2)26-27-9-7-24(31-26)30-21-5-3-18(4-6-21)20-12-28-29-13-20/h3-7,9,11-13,17H,8,10,14-16H2,1-2H3,(H,28,29)(H,27,30,31). The van der Waals surface area contributed by atoms with Crippen LogP contribution in [0.1, 0.15) is 28.7 Å². The minimum absolute atomic E-state index is 0.132. The molecule has 1 amide bonds. The number of anilines is 3. The minimum atomic E-state index is 0.132. The van der Waals surface area contributed by atoms with Crippen LogP contribution in [0.4, 0.5) is 17.5 Å². The maximum Gasteiger partial charge on any atom is 0.270 e. The molecule has 2 N–H and O–H groups in total. The molecule has 9 nitrogen and oxygen atoms in total. The molecule has 5 heterocycles. The predicted molar refractivity (Wildman–Crippen MR) is 135 cm³/mol. The molecule has 4 aromatic rings. The van der Waals surface area contributed by atoms with Gasteiger partial charge in [-0.25, -0.2) is 4.98 Å². The third kappa shape index (κ3) is 4.03. The second-order valence-electron chi connectivity index (χ2n) is 9.48. The lowest BCUT2D eigenvalue weighted by Crippen LogP contribution is -2.49. The molecule has 0 aliphatic carbocycles. The number of hydrogen-bond donors (Lipinski definition) is 2. The number of hydrogen-bond acceptors (Lipinski definition) is 6. The van der Waals surface area contributed by atoms with Crippen LogP contribution in [0.15, 0.2) is 55.0 Å². The van der Waals surface area contributed by atoms with Crippen LogP contribution in [-0.4, -0.2) is 55.2 Å². The first-order chi connectivity index (χ1) is 17.0. The minimum Gasteiger partial charge on any atom is -0.342 e. The molecule has 1 fully saturated rings. The van der Waals surface area contributed by atoms with Gasteiger partial charge in [0.25, 0.3) is 5.91 Å². The maximum absolute atomic E-state index is 12.9. The lowest BCUT2D eigenvalue weighted by molar-refractivity contribution is 0.0520. The summed E-state index contributed by atoms with van der Waals surface area (Å²) in [6, 6.07) is 12.1. The lowest BCUT2D eigenvalue weighted by atomic mass is 10.0. The quantitative estimate of drug-likeness (QED) is 0.465. The second kappa shape index (κ2) is 8.57. The Morgan fingerprint density at radius 3 is 2.71 bits per heavy atom. The van der Waals surface area contributed by atoms with Crippen LogP contribution in [0.25, 0.3) is 11.1 Å². The Balaban J connectivity index is 1.17. The van der Waals surface area contributed by atoms with Crippen LogP contribution in [-0.2, 0) is 20.0 Å². The van der Waals surface area contributed by atoms with Crippen LogP contribution in [0.5, 0.6) is 0 Å². The highest BCUT2D eigenvalue weighted by Crippen LogP contribution is 2.28. The molecule has 2 aliphatic heterocycles. The van der Waals surface area contributed by atoms with E-state index in [9.17, 15) is 4.79 Å². The van der Waals surface area contributed by atoms with Gasteiger partial charge in [-0.05, 0) is 47.7 Å². The fraction of sp³-hybridized carbons (Fsp3) is 0.308. The molecule has 1 saturated heterocycles. The topological polar surface area (TPSA) is 95.0 Å². The van der Waals surface area contributed by atoms with Crippen molar-refractivity contribution in [1.82, 2.24) is 29.6 Å². The zero-order valence-corrected chi connectivity index (χ0v) is 19.9. The molecule has 6 rings (SSSR count). The molecule has 0 atom stereocenters. The van der Waals surface area contributed by atoms with Crippen molar-refractivity contribution in [3.8, 4) is 11.1 Å². The monoisotopic (exact) mass is 468 g/mol. The summed E-state index contributed by atoms with van der Waals surface area (Å²) in [5, 5.41) is 10.2. The van der Waals surface area contributed by atoms with E-state index < -0.39 is 0 Å². The van der Waals surface area contributed by atoms with Crippen LogP contribution in [0, 0.1) is 5.92 Å². The van der Waals surface area contributed by atoms with Gasteiger partial charge in [-0.1, -0.05) is 19.1 Å². The molecule has 2 aliphatic rings. The number of carbonyl (C=O) groups is 1. The Hall–Kier alpha value is -4.14. The average molecular weight is 469 g/mol. The first kappa shape index (κ1) is 21.4. The van der Waals surface area contributed by atoms with E-state index in [0.717, 1.165) is 60.1 Å². The van der Waals surface area contributed by atoms with Crippen LogP contribution in [0.2, 0.25) is 0 Å². The molecule has 3 aromatic heterocycles. The molecule has 0 unspecified atom stereocenters. The highest BCUT2D eigenvalue weighted by Gasteiger charge is 2.31. The Kier molecular flexibility index (Phi) is 5.24. The van der Waals surface area contributed by atoms with Crippen molar-refractivity contribution in [1.29, 1.82) is 0 Å². The number of aromatic amines is 1. The van der Waals surface area contributed by atoms with E-state index in [-0.39, 0.29) is 5.91 Å².